The van der Waals surface area contributed by atoms with Gasteiger partial charge in [0.2, 0.25) is 5.91 Å². The highest BCUT2D eigenvalue weighted by atomic mass is 32.2. The van der Waals surface area contributed by atoms with Gasteiger partial charge in [0.1, 0.15) is 0 Å². The molecular formula is C26H25N3O6S. The van der Waals surface area contributed by atoms with E-state index in [0.717, 1.165) is 4.90 Å². The zero-order chi connectivity index (χ0) is 26.1. The number of non-ortho nitro benzene ring substituents is 1. The smallest absolute Gasteiger partial charge is 0.338 e. The Morgan fingerprint density at radius 3 is 2.19 bits per heavy atom. The normalized spacial score (nSPS) is 11.3. The number of hydrogen-bond donors (Lipinski definition) is 2. The second-order valence-corrected chi connectivity index (χ2v) is 8.86. The molecule has 1 atom stereocenters. The van der Waals surface area contributed by atoms with E-state index in [0.29, 0.717) is 28.9 Å². The summed E-state index contributed by atoms with van der Waals surface area (Å²) >= 11 is 1.36. The molecule has 0 spiro atoms. The van der Waals surface area contributed by atoms with Gasteiger partial charge in [-0.05, 0) is 67.9 Å². The number of amides is 2. The van der Waals surface area contributed by atoms with E-state index in [1.807, 2.05) is 13.0 Å². The standard InChI is InChI=1S/C26H25N3O6S/c1-3-23(25(31)27-19-12-8-18(9-13-19)26(32)35-4-2)36-22-7-5-6-20(16-22)28-24(30)17-10-14-21(15-11-17)29(33)34/h5-16,23H,3-4H2,1-2H3,(H,27,31)(H,28,30). The van der Waals surface area contributed by atoms with E-state index in [2.05, 4.69) is 10.6 Å². The molecule has 3 rings (SSSR count). The highest BCUT2D eigenvalue weighted by Crippen LogP contribution is 2.29. The lowest BCUT2D eigenvalue weighted by Crippen LogP contribution is -2.24. The van der Waals surface area contributed by atoms with Crippen molar-refractivity contribution >= 4 is 46.6 Å². The molecular weight excluding hydrogens is 482 g/mol. The Kier molecular flexibility index (Phi) is 9.18. The number of rotatable bonds is 10. The Hall–Kier alpha value is -4.18. The molecule has 3 aromatic carbocycles. The maximum absolute atomic E-state index is 12.9. The first-order valence-electron chi connectivity index (χ1n) is 11.2. The van der Waals surface area contributed by atoms with E-state index in [1.165, 1.54) is 36.0 Å². The number of esters is 1. The Bertz CT molecular complexity index is 1250. The molecule has 0 aliphatic carbocycles. The largest absolute Gasteiger partial charge is 0.462 e. The zero-order valence-electron chi connectivity index (χ0n) is 19.7. The number of carbonyl (C=O) groups is 3. The second-order valence-electron chi connectivity index (χ2n) is 7.59. The third-order valence-corrected chi connectivity index (χ3v) is 6.40. The third kappa shape index (κ3) is 7.16. The van der Waals surface area contributed by atoms with E-state index in [-0.39, 0.29) is 18.2 Å². The fraction of sp³-hybridized carbons (Fsp3) is 0.192. The van der Waals surface area contributed by atoms with Gasteiger partial charge in [-0.25, -0.2) is 4.79 Å². The minimum atomic E-state index is -0.527. The van der Waals surface area contributed by atoms with Crippen molar-refractivity contribution in [1.82, 2.24) is 0 Å². The van der Waals surface area contributed by atoms with Crippen LogP contribution in [-0.4, -0.2) is 34.6 Å². The maximum atomic E-state index is 12.9. The SMILES string of the molecule is CCOC(=O)c1ccc(NC(=O)C(CC)Sc2cccc(NC(=O)c3ccc([N+](=O)[O-])cc3)c2)cc1. The molecule has 0 bridgehead atoms. The van der Waals surface area contributed by atoms with E-state index in [1.54, 1.807) is 49.4 Å². The lowest BCUT2D eigenvalue weighted by molar-refractivity contribution is -0.384. The molecule has 2 N–H and O–H groups in total. The van der Waals surface area contributed by atoms with Crippen molar-refractivity contribution in [3.8, 4) is 0 Å². The van der Waals surface area contributed by atoms with Crippen LogP contribution in [0.4, 0.5) is 17.1 Å². The first-order chi connectivity index (χ1) is 17.3. The van der Waals surface area contributed by atoms with Gasteiger partial charge in [-0.2, -0.15) is 0 Å². The van der Waals surface area contributed by atoms with Crippen LogP contribution in [0.1, 0.15) is 41.0 Å². The molecule has 0 aromatic heterocycles. The van der Waals surface area contributed by atoms with Gasteiger partial charge >= 0.3 is 5.97 Å². The van der Waals surface area contributed by atoms with Crippen molar-refractivity contribution in [2.75, 3.05) is 17.2 Å². The fourth-order valence-corrected chi connectivity index (χ4v) is 4.21. The minimum absolute atomic E-state index is 0.0937. The maximum Gasteiger partial charge on any atom is 0.338 e. The molecule has 0 aliphatic rings. The third-order valence-electron chi connectivity index (χ3n) is 5.04. The Balaban J connectivity index is 1.62. The summed E-state index contributed by atoms with van der Waals surface area (Å²) in [6, 6.07) is 18.9. The molecule has 0 radical (unpaired) electrons. The summed E-state index contributed by atoms with van der Waals surface area (Å²) in [7, 11) is 0. The van der Waals surface area contributed by atoms with Crippen molar-refractivity contribution in [1.29, 1.82) is 0 Å². The van der Waals surface area contributed by atoms with Crippen LogP contribution in [0.15, 0.2) is 77.7 Å². The van der Waals surface area contributed by atoms with Gasteiger partial charge in [-0.1, -0.05) is 13.0 Å². The number of ether oxygens (including phenoxy) is 1. The van der Waals surface area contributed by atoms with Gasteiger partial charge in [-0.15, -0.1) is 11.8 Å². The first-order valence-corrected chi connectivity index (χ1v) is 12.1. The van der Waals surface area contributed by atoms with Crippen LogP contribution >= 0.6 is 11.8 Å². The summed E-state index contributed by atoms with van der Waals surface area (Å²) in [5.41, 5.74) is 1.70. The van der Waals surface area contributed by atoms with E-state index in [9.17, 15) is 24.5 Å². The molecule has 0 aliphatic heterocycles. The average molecular weight is 508 g/mol. The van der Waals surface area contributed by atoms with Gasteiger partial charge < -0.3 is 15.4 Å². The number of hydrogen-bond acceptors (Lipinski definition) is 7. The highest BCUT2D eigenvalue weighted by molar-refractivity contribution is 8.00. The van der Waals surface area contributed by atoms with Crippen LogP contribution < -0.4 is 10.6 Å². The second kappa shape index (κ2) is 12.5. The monoisotopic (exact) mass is 507 g/mol. The quantitative estimate of drug-likeness (QED) is 0.160. The number of thioether (sulfide) groups is 1. The molecule has 0 heterocycles. The summed E-state index contributed by atoms with van der Waals surface area (Å²) in [6.07, 6.45) is 0.566. The summed E-state index contributed by atoms with van der Waals surface area (Å²) in [4.78, 5) is 48.2. The Morgan fingerprint density at radius 2 is 1.58 bits per heavy atom. The van der Waals surface area contributed by atoms with E-state index in [4.69, 9.17) is 4.74 Å². The van der Waals surface area contributed by atoms with Crippen molar-refractivity contribution in [3.63, 3.8) is 0 Å². The molecule has 1 unspecified atom stereocenters. The minimum Gasteiger partial charge on any atom is -0.462 e. The summed E-state index contributed by atoms with van der Waals surface area (Å²) in [6.45, 7) is 3.92. The van der Waals surface area contributed by atoms with Gasteiger partial charge in [0, 0.05) is 34.0 Å². The molecule has 0 fully saturated rings. The number of nitrogens with one attached hydrogen (secondary N) is 2. The van der Waals surface area contributed by atoms with Gasteiger partial charge in [0.05, 0.1) is 22.3 Å². The molecule has 2 amide bonds. The number of nitro groups is 1. The van der Waals surface area contributed by atoms with Crippen LogP contribution in [0, 0.1) is 10.1 Å². The fourth-order valence-electron chi connectivity index (χ4n) is 3.20. The van der Waals surface area contributed by atoms with Crippen LogP contribution in [0.5, 0.6) is 0 Å². The van der Waals surface area contributed by atoms with Crippen molar-refractivity contribution in [2.24, 2.45) is 0 Å². The molecule has 9 nitrogen and oxygen atoms in total. The number of nitro benzene ring substituents is 1. The number of nitrogens with zero attached hydrogens (tertiary/aromatic N) is 1. The predicted octanol–water partition coefficient (Wildman–Crippen LogP) is 5.53. The molecule has 0 saturated heterocycles. The zero-order valence-corrected chi connectivity index (χ0v) is 20.5. The van der Waals surface area contributed by atoms with Crippen molar-refractivity contribution < 1.29 is 24.0 Å². The Morgan fingerprint density at radius 1 is 0.917 bits per heavy atom. The molecule has 186 valence electrons. The lowest BCUT2D eigenvalue weighted by atomic mass is 10.2. The van der Waals surface area contributed by atoms with Crippen molar-refractivity contribution in [2.45, 2.75) is 30.4 Å². The number of benzene rings is 3. The van der Waals surface area contributed by atoms with Gasteiger partial charge in [0.15, 0.2) is 0 Å². The topological polar surface area (TPSA) is 128 Å². The lowest BCUT2D eigenvalue weighted by Gasteiger charge is -2.16. The van der Waals surface area contributed by atoms with E-state index < -0.39 is 22.0 Å². The molecule has 3 aromatic rings. The predicted molar refractivity (Wildman–Crippen MR) is 138 cm³/mol. The van der Waals surface area contributed by atoms with Crippen LogP contribution in [0.2, 0.25) is 0 Å². The summed E-state index contributed by atoms with van der Waals surface area (Å²) in [5.74, 6) is -1.01. The highest BCUT2D eigenvalue weighted by Gasteiger charge is 2.19. The molecule has 36 heavy (non-hydrogen) atoms. The van der Waals surface area contributed by atoms with Crippen LogP contribution in [-0.2, 0) is 9.53 Å². The first kappa shape index (κ1) is 26.4. The van der Waals surface area contributed by atoms with Crippen LogP contribution in [0.25, 0.3) is 0 Å². The molecule has 10 heteroatoms. The van der Waals surface area contributed by atoms with Crippen LogP contribution in [0.3, 0.4) is 0 Å². The van der Waals surface area contributed by atoms with Crippen molar-refractivity contribution in [3.05, 3.63) is 94.0 Å². The number of anilines is 2. The van der Waals surface area contributed by atoms with Gasteiger partial charge in [-0.3, -0.25) is 19.7 Å². The average Bonchev–Trinajstić information content (AvgIpc) is 2.88. The summed E-state index contributed by atoms with van der Waals surface area (Å²) in [5, 5.41) is 16.0. The van der Waals surface area contributed by atoms with E-state index >= 15 is 0 Å². The number of carbonyl (C=O) groups excluding carboxylic acids is 3. The molecule has 0 saturated carbocycles. The van der Waals surface area contributed by atoms with Gasteiger partial charge in [0.25, 0.3) is 11.6 Å². The Labute approximate surface area is 212 Å². The summed E-state index contributed by atoms with van der Waals surface area (Å²) < 4.78 is 4.96.